The van der Waals surface area contributed by atoms with Crippen LogP contribution in [0.3, 0.4) is 0 Å². The lowest BCUT2D eigenvalue weighted by molar-refractivity contribution is 0.0613. The Labute approximate surface area is 140 Å². The smallest absolute Gasteiger partial charge is 0.125 e. The van der Waals surface area contributed by atoms with Crippen molar-refractivity contribution in [3.63, 3.8) is 0 Å². The topological polar surface area (TPSA) is 52.9 Å². The first-order chi connectivity index (χ1) is 11.0. The van der Waals surface area contributed by atoms with E-state index in [1.54, 1.807) is 0 Å². The maximum absolute atomic E-state index is 10.3. The highest BCUT2D eigenvalue weighted by Gasteiger charge is 2.26. The third-order valence-corrected chi connectivity index (χ3v) is 4.93. The van der Waals surface area contributed by atoms with Crippen molar-refractivity contribution in [3.8, 4) is 5.75 Å². The van der Waals surface area contributed by atoms with Crippen molar-refractivity contribution in [1.29, 1.82) is 0 Å². The summed E-state index contributed by atoms with van der Waals surface area (Å²) < 4.78 is 5.92. The average molecular weight is 321 g/mol. The summed E-state index contributed by atoms with van der Waals surface area (Å²) in [5.41, 5.74) is 3.48. The predicted octanol–water partition coefficient (Wildman–Crippen LogP) is 2.59. The van der Waals surface area contributed by atoms with Gasteiger partial charge >= 0.3 is 0 Å². The molecule has 1 aliphatic rings. The van der Waals surface area contributed by atoms with E-state index in [1.165, 1.54) is 18.4 Å². The summed E-state index contributed by atoms with van der Waals surface area (Å²) in [5.74, 6) is 0.905. The van der Waals surface area contributed by atoms with Crippen molar-refractivity contribution in [2.45, 2.75) is 58.6 Å². The molecule has 0 spiro atoms. The van der Waals surface area contributed by atoms with E-state index in [4.69, 9.17) is 9.84 Å². The molecule has 4 nitrogen and oxygen atoms in total. The van der Waals surface area contributed by atoms with Crippen LogP contribution in [-0.4, -0.2) is 53.6 Å². The quantitative estimate of drug-likeness (QED) is 0.773. The van der Waals surface area contributed by atoms with Crippen LogP contribution in [0.25, 0.3) is 0 Å². The van der Waals surface area contributed by atoms with Crippen molar-refractivity contribution in [1.82, 2.24) is 4.90 Å². The van der Waals surface area contributed by atoms with Gasteiger partial charge in [0.1, 0.15) is 18.5 Å². The number of benzene rings is 1. The summed E-state index contributed by atoms with van der Waals surface area (Å²) in [6, 6.07) is 4.67. The molecule has 1 aliphatic heterocycles. The lowest BCUT2D eigenvalue weighted by atomic mass is 10.1. The van der Waals surface area contributed by atoms with Crippen LogP contribution in [0.1, 0.15) is 42.4 Å². The van der Waals surface area contributed by atoms with Gasteiger partial charge in [0, 0.05) is 19.2 Å². The summed E-state index contributed by atoms with van der Waals surface area (Å²) in [7, 11) is 0. The molecule has 1 saturated heterocycles. The number of aliphatic hydroxyl groups excluding tert-OH is 2. The summed E-state index contributed by atoms with van der Waals surface area (Å²) >= 11 is 0. The van der Waals surface area contributed by atoms with E-state index >= 15 is 0 Å². The van der Waals surface area contributed by atoms with Gasteiger partial charge in [0.15, 0.2) is 0 Å². The maximum Gasteiger partial charge on any atom is 0.125 e. The first-order valence-electron chi connectivity index (χ1n) is 8.75. The summed E-state index contributed by atoms with van der Waals surface area (Å²) in [6.07, 6.45) is 3.73. The number of aryl methyl sites for hydroxylation is 2. The molecule has 0 saturated carbocycles. The van der Waals surface area contributed by atoms with Gasteiger partial charge < -0.3 is 14.9 Å². The average Bonchev–Trinajstić information content (AvgIpc) is 2.96. The van der Waals surface area contributed by atoms with Crippen LogP contribution in [0.5, 0.6) is 5.75 Å². The lowest BCUT2D eigenvalue weighted by Crippen LogP contribution is -2.38. The Hall–Kier alpha value is -1.10. The molecular formula is C19H31NO3. The first kappa shape index (κ1) is 18.2. The van der Waals surface area contributed by atoms with Crippen LogP contribution >= 0.6 is 0 Å². The molecule has 0 amide bonds. The van der Waals surface area contributed by atoms with Crippen LogP contribution in [-0.2, 0) is 0 Å². The molecule has 1 heterocycles. The predicted molar refractivity (Wildman–Crippen MR) is 93.1 cm³/mol. The van der Waals surface area contributed by atoms with E-state index in [2.05, 4.69) is 30.9 Å². The zero-order chi connectivity index (χ0) is 16.8. The Morgan fingerprint density at radius 1 is 1.26 bits per heavy atom. The third kappa shape index (κ3) is 4.93. The Bertz CT molecular complexity index is 504. The van der Waals surface area contributed by atoms with Crippen LogP contribution in [0, 0.1) is 20.8 Å². The van der Waals surface area contributed by atoms with Crippen molar-refractivity contribution in [3.05, 3.63) is 28.8 Å². The van der Waals surface area contributed by atoms with E-state index in [9.17, 15) is 5.11 Å². The summed E-state index contributed by atoms with van der Waals surface area (Å²) in [4.78, 5) is 2.35. The Kier molecular flexibility index (Phi) is 6.88. The van der Waals surface area contributed by atoms with Gasteiger partial charge in [-0.25, -0.2) is 0 Å². The van der Waals surface area contributed by atoms with E-state index in [0.717, 1.165) is 36.3 Å². The number of hydrogen-bond donors (Lipinski definition) is 2. The molecule has 1 aromatic rings. The van der Waals surface area contributed by atoms with Crippen molar-refractivity contribution in [2.75, 3.05) is 26.3 Å². The number of hydrogen-bond acceptors (Lipinski definition) is 4. The monoisotopic (exact) mass is 321 g/mol. The SMILES string of the molecule is Cc1ccc(C)c(OCC(O)CN2CCCC2CCCO)c1C. The van der Waals surface area contributed by atoms with Crippen molar-refractivity contribution < 1.29 is 14.9 Å². The molecule has 1 fully saturated rings. The van der Waals surface area contributed by atoms with E-state index in [1.807, 2.05) is 6.92 Å². The van der Waals surface area contributed by atoms with E-state index in [0.29, 0.717) is 19.2 Å². The van der Waals surface area contributed by atoms with Gasteiger partial charge in [-0.3, -0.25) is 4.90 Å². The fourth-order valence-corrected chi connectivity index (χ4v) is 3.44. The van der Waals surface area contributed by atoms with E-state index in [-0.39, 0.29) is 6.61 Å². The second-order valence-corrected chi connectivity index (χ2v) is 6.78. The third-order valence-electron chi connectivity index (χ3n) is 4.93. The number of nitrogens with zero attached hydrogens (tertiary/aromatic N) is 1. The van der Waals surface area contributed by atoms with Gasteiger partial charge in [-0.1, -0.05) is 12.1 Å². The summed E-state index contributed by atoms with van der Waals surface area (Å²) in [6.45, 7) is 8.45. The highest BCUT2D eigenvalue weighted by atomic mass is 16.5. The van der Waals surface area contributed by atoms with Crippen molar-refractivity contribution in [2.24, 2.45) is 0 Å². The van der Waals surface area contributed by atoms with Crippen LogP contribution in [0.4, 0.5) is 0 Å². The molecule has 2 unspecified atom stereocenters. The molecule has 0 aliphatic carbocycles. The van der Waals surface area contributed by atoms with Crippen LogP contribution in [0.15, 0.2) is 12.1 Å². The van der Waals surface area contributed by atoms with Gasteiger partial charge in [0.05, 0.1) is 0 Å². The molecule has 130 valence electrons. The standard InChI is InChI=1S/C19H31NO3/c1-14-8-9-15(2)19(16(14)3)23-13-18(22)12-20-10-4-6-17(20)7-5-11-21/h8-9,17-18,21-22H,4-7,10-13H2,1-3H3. The summed E-state index contributed by atoms with van der Waals surface area (Å²) in [5, 5.41) is 19.3. The zero-order valence-electron chi connectivity index (χ0n) is 14.7. The van der Waals surface area contributed by atoms with Gasteiger partial charge in [-0.15, -0.1) is 0 Å². The fourth-order valence-electron chi connectivity index (χ4n) is 3.44. The minimum atomic E-state index is -0.482. The van der Waals surface area contributed by atoms with E-state index < -0.39 is 6.10 Å². The molecule has 0 aromatic heterocycles. The minimum Gasteiger partial charge on any atom is -0.490 e. The Morgan fingerprint density at radius 3 is 2.74 bits per heavy atom. The van der Waals surface area contributed by atoms with Gasteiger partial charge in [-0.05, 0) is 69.7 Å². The zero-order valence-corrected chi connectivity index (χ0v) is 14.7. The van der Waals surface area contributed by atoms with Crippen LogP contribution in [0.2, 0.25) is 0 Å². The molecule has 0 radical (unpaired) electrons. The normalized spacial score (nSPS) is 20.0. The Balaban J connectivity index is 1.85. The van der Waals surface area contributed by atoms with Gasteiger partial charge in [0.25, 0.3) is 0 Å². The maximum atomic E-state index is 10.3. The second kappa shape index (κ2) is 8.67. The van der Waals surface area contributed by atoms with Crippen molar-refractivity contribution >= 4 is 0 Å². The highest BCUT2D eigenvalue weighted by Crippen LogP contribution is 2.26. The molecule has 2 N–H and O–H groups in total. The number of rotatable bonds is 8. The minimum absolute atomic E-state index is 0.252. The molecule has 23 heavy (non-hydrogen) atoms. The largest absolute Gasteiger partial charge is 0.490 e. The van der Waals surface area contributed by atoms with Crippen LogP contribution < -0.4 is 4.74 Å². The molecule has 2 atom stereocenters. The Morgan fingerprint density at radius 2 is 2.00 bits per heavy atom. The fraction of sp³-hybridized carbons (Fsp3) is 0.684. The van der Waals surface area contributed by atoms with Gasteiger partial charge in [0.2, 0.25) is 0 Å². The lowest BCUT2D eigenvalue weighted by Gasteiger charge is -2.27. The number of likely N-dealkylation sites (tertiary alicyclic amines) is 1. The number of ether oxygens (including phenoxy) is 1. The number of aliphatic hydroxyl groups is 2. The molecule has 1 aromatic carbocycles. The first-order valence-corrected chi connectivity index (χ1v) is 8.75. The van der Waals surface area contributed by atoms with Gasteiger partial charge in [-0.2, -0.15) is 0 Å². The molecule has 0 bridgehead atoms. The molecule has 2 rings (SSSR count). The number of β-amino-alcohol motifs (C(OH)–C–C–N with tert-alkyl or cyclic N) is 1. The molecular weight excluding hydrogens is 290 g/mol. The molecule has 4 heteroatoms. The highest BCUT2D eigenvalue weighted by molar-refractivity contribution is 5.44. The second-order valence-electron chi connectivity index (χ2n) is 6.78.